The molecule has 1 N–H and O–H groups in total. The molecular weight excluding hydrogens is 276 g/mol. The number of nitro benzene ring substituents is 1. The van der Waals surface area contributed by atoms with Gasteiger partial charge in [0.25, 0.3) is 0 Å². The summed E-state index contributed by atoms with van der Waals surface area (Å²) in [4.78, 5) is 10.5. The molecule has 21 heavy (non-hydrogen) atoms. The van der Waals surface area contributed by atoms with Crippen LogP contribution < -0.4 is 10.1 Å². The first-order valence-corrected chi connectivity index (χ1v) is 6.46. The Hall–Kier alpha value is -2.48. The van der Waals surface area contributed by atoms with Crippen LogP contribution in [-0.4, -0.2) is 28.8 Å². The molecule has 1 atom stereocenters. The second kappa shape index (κ2) is 6.31. The minimum atomic E-state index is -0.513. The lowest BCUT2D eigenvalue weighted by atomic mass is 10.2. The fourth-order valence-electron chi connectivity index (χ4n) is 1.89. The summed E-state index contributed by atoms with van der Waals surface area (Å²) >= 11 is 0. The first-order valence-electron chi connectivity index (χ1n) is 6.46. The van der Waals surface area contributed by atoms with E-state index in [2.05, 4.69) is 15.5 Å². The zero-order valence-electron chi connectivity index (χ0n) is 12.0. The third-order valence-electron chi connectivity index (χ3n) is 2.94. The monoisotopic (exact) mass is 292 g/mol. The molecular formula is C13H16N4O4. The van der Waals surface area contributed by atoms with Crippen molar-refractivity contribution in [1.29, 1.82) is 0 Å². The van der Waals surface area contributed by atoms with Crippen molar-refractivity contribution in [2.75, 3.05) is 13.7 Å². The van der Waals surface area contributed by atoms with Gasteiger partial charge in [-0.25, -0.2) is 0 Å². The summed E-state index contributed by atoms with van der Waals surface area (Å²) in [6, 6.07) is 4.42. The maximum absolute atomic E-state index is 11.0. The normalized spacial score (nSPS) is 12.1. The number of methoxy groups -OCH3 is 1. The molecule has 2 aromatic rings. The van der Waals surface area contributed by atoms with Gasteiger partial charge in [-0.1, -0.05) is 6.92 Å². The van der Waals surface area contributed by atoms with E-state index in [1.54, 1.807) is 6.07 Å². The maximum atomic E-state index is 11.0. The highest BCUT2D eigenvalue weighted by Gasteiger charge is 2.19. The Balaban J connectivity index is 2.34. The van der Waals surface area contributed by atoms with Crippen LogP contribution >= 0.6 is 0 Å². The molecule has 0 saturated carbocycles. The number of hydrogen-bond acceptors (Lipinski definition) is 7. The predicted octanol–water partition coefficient (Wildman–Crippen LogP) is 2.32. The van der Waals surface area contributed by atoms with Crippen molar-refractivity contribution in [3.8, 4) is 17.2 Å². The van der Waals surface area contributed by atoms with Gasteiger partial charge in [0.15, 0.2) is 5.75 Å². The largest absolute Gasteiger partial charge is 0.490 e. The van der Waals surface area contributed by atoms with E-state index < -0.39 is 4.92 Å². The summed E-state index contributed by atoms with van der Waals surface area (Å²) < 4.78 is 10.5. The van der Waals surface area contributed by atoms with Gasteiger partial charge in [-0.05, 0) is 25.6 Å². The molecule has 8 heteroatoms. The van der Waals surface area contributed by atoms with Gasteiger partial charge in [0.1, 0.15) is 0 Å². The zero-order valence-corrected chi connectivity index (χ0v) is 12.0. The van der Waals surface area contributed by atoms with Crippen LogP contribution in [0, 0.1) is 10.1 Å². The van der Waals surface area contributed by atoms with Crippen molar-refractivity contribution in [2.45, 2.75) is 19.9 Å². The van der Waals surface area contributed by atoms with Crippen LogP contribution in [0.25, 0.3) is 11.5 Å². The van der Waals surface area contributed by atoms with E-state index in [4.69, 9.17) is 9.15 Å². The molecule has 8 nitrogen and oxygen atoms in total. The minimum Gasteiger partial charge on any atom is -0.490 e. The number of nitrogens with zero attached hydrogens (tertiary/aromatic N) is 3. The van der Waals surface area contributed by atoms with Crippen molar-refractivity contribution in [2.24, 2.45) is 0 Å². The van der Waals surface area contributed by atoms with Crippen LogP contribution in [0.3, 0.4) is 0 Å². The van der Waals surface area contributed by atoms with Gasteiger partial charge in [-0.3, -0.25) is 10.1 Å². The molecule has 1 aromatic heterocycles. The first-order chi connectivity index (χ1) is 10.1. The van der Waals surface area contributed by atoms with Crippen LogP contribution in [0.5, 0.6) is 5.75 Å². The Morgan fingerprint density at radius 3 is 2.86 bits per heavy atom. The molecule has 112 valence electrons. The van der Waals surface area contributed by atoms with Crippen LogP contribution in [0.4, 0.5) is 5.69 Å². The van der Waals surface area contributed by atoms with E-state index >= 15 is 0 Å². The lowest BCUT2D eigenvalue weighted by Gasteiger charge is -2.06. The Labute approximate surface area is 121 Å². The van der Waals surface area contributed by atoms with E-state index in [1.807, 2.05) is 13.8 Å². The van der Waals surface area contributed by atoms with Crippen molar-refractivity contribution >= 4 is 5.69 Å². The van der Waals surface area contributed by atoms with Gasteiger partial charge in [0, 0.05) is 11.6 Å². The standard InChI is InChI=1S/C13H16N4O4/c1-4-14-8(2)12-15-16-13(21-12)9-5-6-11(20-3)10(7-9)17(18)19/h5-8,14H,4H2,1-3H3. The van der Waals surface area contributed by atoms with Crippen molar-refractivity contribution in [3.63, 3.8) is 0 Å². The number of rotatable bonds is 6. The van der Waals surface area contributed by atoms with E-state index in [0.29, 0.717) is 11.5 Å². The number of hydrogen-bond donors (Lipinski definition) is 1. The number of aromatic nitrogens is 2. The lowest BCUT2D eigenvalue weighted by Crippen LogP contribution is -2.17. The number of benzene rings is 1. The summed E-state index contributed by atoms with van der Waals surface area (Å²) in [5, 5.41) is 22.0. The Bertz CT molecular complexity index is 641. The molecule has 1 unspecified atom stereocenters. The van der Waals surface area contributed by atoms with Crippen LogP contribution in [-0.2, 0) is 0 Å². The minimum absolute atomic E-state index is 0.0792. The highest BCUT2D eigenvalue weighted by atomic mass is 16.6. The fourth-order valence-corrected chi connectivity index (χ4v) is 1.89. The Morgan fingerprint density at radius 1 is 1.48 bits per heavy atom. The molecule has 0 bridgehead atoms. The van der Waals surface area contributed by atoms with Gasteiger partial charge in [-0.2, -0.15) is 0 Å². The second-order valence-electron chi connectivity index (χ2n) is 4.37. The molecule has 0 saturated heterocycles. The van der Waals surface area contributed by atoms with E-state index in [0.717, 1.165) is 6.54 Å². The van der Waals surface area contributed by atoms with Gasteiger partial charge in [-0.15, -0.1) is 10.2 Å². The fraction of sp³-hybridized carbons (Fsp3) is 0.385. The third kappa shape index (κ3) is 3.16. The van der Waals surface area contributed by atoms with Crippen LogP contribution in [0.1, 0.15) is 25.8 Å². The first kappa shape index (κ1) is 14.9. The highest BCUT2D eigenvalue weighted by molar-refractivity contribution is 5.62. The van der Waals surface area contributed by atoms with E-state index in [-0.39, 0.29) is 23.4 Å². The average Bonchev–Trinajstić information content (AvgIpc) is 2.96. The summed E-state index contributed by atoms with van der Waals surface area (Å²) in [5.74, 6) is 0.857. The number of nitrogens with one attached hydrogen (secondary N) is 1. The quantitative estimate of drug-likeness (QED) is 0.643. The topological polar surface area (TPSA) is 103 Å². The summed E-state index contributed by atoms with van der Waals surface area (Å²) in [6.45, 7) is 4.64. The molecule has 0 aliphatic rings. The van der Waals surface area contributed by atoms with E-state index in [1.165, 1.54) is 19.2 Å². The van der Waals surface area contributed by atoms with Gasteiger partial charge in [0.05, 0.1) is 18.1 Å². The number of nitro groups is 1. The smallest absolute Gasteiger partial charge is 0.311 e. The second-order valence-corrected chi connectivity index (χ2v) is 4.37. The van der Waals surface area contributed by atoms with Gasteiger partial charge < -0.3 is 14.5 Å². The number of ether oxygens (including phenoxy) is 1. The molecule has 1 aromatic carbocycles. The van der Waals surface area contributed by atoms with Crippen molar-refractivity contribution in [3.05, 3.63) is 34.2 Å². The molecule has 0 aliphatic heterocycles. The maximum Gasteiger partial charge on any atom is 0.311 e. The third-order valence-corrected chi connectivity index (χ3v) is 2.94. The molecule has 0 fully saturated rings. The Kier molecular flexibility index (Phi) is 4.49. The molecule has 0 spiro atoms. The molecule has 0 amide bonds. The highest BCUT2D eigenvalue weighted by Crippen LogP contribution is 2.31. The SMILES string of the molecule is CCNC(C)c1nnc(-c2ccc(OC)c([N+](=O)[O-])c2)o1. The van der Waals surface area contributed by atoms with Crippen molar-refractivity contribution < 1.29 is 14.1 Å². The molecule has 1 heterocycles. The van der Waals surface area contributed by atoms with Gasteiger partial charge >= 0.3 is 5.69 Å². The average molecular weight is 292 g/mol. The lowest BCUT2D eigenvalue weighted by molar-refractivity contribution is -0.385. The molecule has 0 aliphatic carbocycles. The van der Waals surface area contributed by atoms with Crippen LogP contribution in [0.2, 0.25) is 0 Å². The molecule has 0 radical (unpaired) electrons. The van der Waals surface area contributed by atoms with E-state index in [9.17, 15) is 10.1 Å². The van der Waals surface area contributed by atoms with Crippen LogP contribution in [0.15, 0.2) is 22.6 Å². The summed E-state index contributed by atoms with van der Waals surface area (Å²) in [6.07, 6.45) is 0. The molecule has 2 rings (SSSR count). The summed E-state index contributed by atoms with van der Waals surface area (Å²) in [5.41, 5.74) is 0.333. The zero-order chi connectivity index (χ0) is 15.4. The van der Waals surface area contributed by atoms with Crippen molar-refractivity contribution in [1.82, 2.24) is 15.5 Å². The summed E-state index contributed by atoms with van der Waals surface area (Å²) in [7, 11) is 1.38. The Morgan fingerprint density at radius 2 is 2.24 bits per heavy atom. The predicted molar refractivity (Wildman–Crippen MR) is 75.0 cm³/mol. The van der Waals surface area contributed by atoms with Gasteiger partial charge in [0.2, 0.25) is 11.8 Å².